The smallest absolute Gasteiger partial charge is 0.262 e. The highest BCUT2D eigenvalue weighted by molar-refractivity contribution is 8.05. The largest absolute Gasteiger partial charge is 0.365 e. The second-order valence-corrected chi connectivity index (χ2v) is 5.87. The molecule has 0 aliphatic carbocycles. The first-order valence-corrected chi connectivity index (χ1v) is 7.39. The lowest BCUT2D eigenvalue weighted by Gasteiger charge is -2.18. The van der Waals surface area contributed by atoms with Crippen LogP contribution in [0.4, 0.5) is 5.69 Å². The number of nitriles is 1. The van der Waals surface area contributed by atoms with E-state index in [2.05, 4.69) is 0 Å². The van der Waals surface area contributed by atoms with Crippen molar-refractivity contribution in [1.82, 2.24) is 0 Å². The van der Waals surface area contributed by atoms with E-state index in [0.717, 1.165) is 5.56 Å². The lowest BCUT2D eigenvalue weighted by molar-refractivity contribution is -0.117. The molecule has 6 heteroatoms. The van der Waals surface area contributed by atoms with Gasteiger partial charge in [0.15, 0.2) is 0 Å². The molecule has 1 aromatic carbocycles. The van der Waals surface area contributed by atoms with Gasteiger partial charge < -0.3 is 5.73 Å². The predicted molar refractivity (Wildman–Crippen MR) is 82.2 cm³/mol. The molecule has 1 heterocycles. The summed E-state index contributed by atoms with van der Waals surface area (Å²) in [6, 6.07) is 9.15. The molecule has 0 saturated carbocycles. The quantitative estimate of drug-likeness (QED) is 0.684. The Morgan fingerprint density at radius 3 is 2.52 bits per heavy atom. The number of hydrogen-bond acceptors (Lipinski definition) is 4. The van der Waals surface area contributed by atoms with Crippen LogP contribution in [0.2, 0.25) is 0 Å². The standard InChI is InChI=1S/C15H15N3O2S/c1-3-12-14(20)18(10-6-4-9(2)5-7-10)15(21-12)11(8-16)13(17)19/h4-7,12H,3H2,1-2H3,(H2,17,19)/b15-11-/t12-/m0/s1. The number of anilines is 1. The molecular weight excluding hydrogens is 286 g/mol. The van der Waals surface area contributed by atoms with Crippen molar-refractivity contribution in [3.63, 3.8) is 0 Å². The van der Waals surface area contributed by atoms with Gasteiger partial charge in [-0.05, 0) is 25.5 Å². The molecule has 1 saturated heterocycles. The van der Waals surface area contributed by atoms with Gasteiger partial charge >= 0.3 is 0 Å². The third-order valence-corrected chi connectivity index (χ3v) is 4.62. The number of rotatable bonds is 3. The van der Waals surface area contributed by atoms with Crippen LogP contribution in [0.25, 0.3) is 0 Å². The van der Waals surface area contributed by atoms with Gasteiger partial charge in [-0.25, -0.2) is 0 Å². The average Bonchev–Trinajstić information content (AvgIpc) is 2.77. The maximum Gasteiger partial charge on any atom is 0.262 e. The number of amides is 2. The summed E-state index contributed by atoms with van der Waals surface area (Å²) in [6.07, 6.45) is 0.618. The van der Waals surface area contributed by atoms with Crippen LogP contribution in [0.1, 0.15) is 18.9 Å². The Labute approximate surface area is 127 Å². The van der Waals surface area contributed by atoms with Gasteiger partial charge in [0.1, 0.15) is 16.7 Å². The van der Waals surface area contributed by atoms with E-state index in [1.165, 1.54) is 16.7 Å². The summed E-state index contributed by atoms with van der Waals surface area (Å²) in [6.45, 7) is 3.84. The first kappa shape index (κ1) is 15.1. The van der Waals surface area contributed by atoms with Gasteiger partial charge in [-0.2, -0.15) is 5.26 Å². The van der Waals surface area contributed by atoms with E-state index < -0.39 is 5.91 Å². The number of aryl methyl sites for hydroxylation is 1. The first-order chi connectivity index (χ1) is 9.99. The summed E-state index contributed by atoms with van der Waals surface area (Å²) in [5.41, 5.74) is 6.78. The van der Waals surface area contributed by atoms with Crippen LogP contribution >= 0.6 is 11.8 Å². The van der Waals surface area contributed by atoms with Crippen LogP contribution in [0, 0.1) is 18.3 Å². The fourth-order valence-electron chi connectivity index (χ4n) is 2.06. The molecule has 0 radical (unpaired) electrons. The molecule has 1 fully saturated rings. The van der Waals surface area contributed by atoms with Crippen molar-refractivity contribution in [3.8, 4) is 6.07 Å². The molecule has 2 amide bonds. The van der Waals surface area contributed by atoms with E-state index in [0.29, 0.717) is 17.1 Å². The third-order valence-electron chi connectivity index (χ3n) is 3.19. The van der Waals surface area contributed by atoms with Gasteiger partial charge in [0.25, 0.3) is 5.91 Å². The van der Waals surface area contributed by atoms with Crippen molar-refractivity contribution >= 4 is 29.3 Å². The number of primary amides is 1. The Hall–Kier alpha value is -2.26. The minimum absolute atomic E-state index is 0.129. The first-order valence-electron chi connectivity index (χ1n) is 6.51. The molecule has 0 aromatic heterocycles. The highest BCUT2D eigenvalue weighted by atomic mass is 32.2. The van der Waals surface area contributed by atoms with Crippen LogP contribution in [0.15, 0.2) is 34.9 Å². The van der Waals surface area contributed by atoms with Gasteiger partial charge in [0.05, 0.1) is 5.25 Å². The molecule has 0 unspecified atom stereocenters. The van der Waals surface area contributed by atoms with E-state index >= 15 is 0 Å². The lowest BCUT2D eigenvalue weighted by atomic mass is 10.2. The molecule has 108 valence electrons. The zero-order valence-corrected chi connectivity index (χ0v) is 12.6. The van der Waals surface area contributed by atoms with Gasteiger partial charge in [0.2, 0.25) is 5.91 Å². The molecule has 2 N–H and O–H groups in total. The summed E-state index contributed by atoms with van der Waals surface area (Å²) in [4.78, 5) is 25.3. The van der Waals surface area contributed by atoms with Crippen molar-refractivity contribution in [3.05, 3.63) is 40.4 Å². The van der Waals surface area contributed by atoms with E-state index in [4.69, 9.17) is 11.0 Å². The highest BCUT2D eigenvalue weighted by Crippen LogP contribution is 2.41. The summed E-state index contributed by atoms with van der Waals surface area (Å²) >= 11 is 1.22. The molecule has 1 aliphatic heterocycles. The predicted octanol–water partition coefficient (Wildman–Crippen LogP) is 2.07. The monoisotopic (exact) mass is 301 g/mol. The fraction of sp³-hybridized carbons (Fsp3) is 0.267. The molecule has 5 nitrogen and oxygen atoms in total. The van der Waals surface area contributed by atoms with Crippen molar-refractivity contribution in [1.29, 1.82) is 5.26 Å². The number of carbonyl (C=O) groups is 2. The maximum absolute atomic E-state index is 12.5. The Bertz CT molecular complexity index is 658. The Balaban J connectivity index is 2.58. The molecule has 0 bridgehead atoms. The van der Waals surface area contributed by atoms with Gasteiger partial charge in [-0.15, -0.1) is 0 Å². The van der Waals surface area contributed by atoms with Crippen LogP contribution < -0.4 is 10.6 Å². The van der Waals surface area contributed by atoms with Crippen LogP contribution in [-0.4, -0.2) is 17.1 Å². The molecule has 1 aliphatic rings. The molecular formula is C15H15N3O2S. The minimum atomic E-state index is -0.818. The molecule has 1 atom stereocenters. The summed E-state index contributed by atoms with van der Waals surface area (Å²) in [7, 11) is 0. The number of nitrogens with two attached hydrogens (primary N) is 1. The fourth-order valence-corrected chi connectivity index (χ4v) is 3.26. The average molecular weight is 301 g/mol. The Morgan fingerprint density at radius 2 is 2.05 bits per heavy atom. The third kappa shape index (κ3) is 2.78. The molecule has 21 heavy (non-hydrogen) atoms. The van der Waals surface area contributed by atoms with E-state index in [-0.39, 0.29) is 16.7 Å². The van der Waals surface area contributed by atoms with Gasteiger partial charge in [0, 0.05) is 5.69 Å². The Morgan fingerprint density at radius 1 is 1.43 bits per heavy atom. The topological polar surface area (TPSA) is 87.2 Å². The second kappa shape index (κ2) is 6.02. The zero-order chi connectivity index (χ0) is 15.6. The van der Waals surface area contributed by atoms with Crippen LogP contribution in [0.5, 0.6) is 0 Å². The molecule has 0 spiro atoms. The van der Waals surface area contributed by atoms with Crippen molar-refractivity contribution in [2.45, 2.75) is 25.5 Å². The van der Waals surface area contributed by atoms with E-state index in [1.807, 2.05) is 32.0 Å². The SMILES string of the molecule is CC[C@@H]1S/C(=C(/C#N)C(N)=O)N(c2ccc(C)cc2)C1=O. The maximum atomic E-state index is 12.5. The van der Waals surface area contributed by atoms with Gasteiger partial charge in [-0.3, -0.25) is 14.5 Å². The van der Waals surface area contributed by atoms with E-state index in [1.54, 1.807) is 12.1 Å². The summed E-state index contributed by atoms with van der Waals surface area (Å²) < 4.78 is 0. The Kier molecular flexibility index (Phi) is 4.34. The molecule has 1 aromatic rings. The van der Waals surface area contributed by atoms with Crippen LogP contribution in [-0.2, 0) is 9.59 Å². The van der Waals surface area contributed by atoms with Crippen molar-refractivity contribution < 1.29 is 9.59 Å². The summed E-state index contributed by atoms with van der Waals surface area (Å²) in [5, 5.41) is 9.17. The minimum Gasteiger partial charge on any atom is -0.365 e. The number of carbonyl (C=O) groups excluding carboxylic acids is 2. The number of thioether (sulfide) groups is 1. The van der Waals surface area contributed by atoms with Crippen molar-refractivity contribution in [2.75, 3.05) is 4.90 Å². The molecule has 2 rings (SSSR count). The number of hydrogen-bond donors (Lipinski definition) is 1. The normalized spacial score (nSPS) is 20.3. The van der Waals surface area contributed by atoms with Gasteiger partial charge in [-0.1, -0.05) is 36.4 Å². The summed E-state index contributed by atoms with van der Waals surface area (Å²) in [5.74, 6) is -0.947. The number of benzene rings is 1. The van der Waals surface area contributed by atoms with E-state index in [9.17, 15) is 9.59 Å². The van der Waals surface area contributed by atoms with Crippen molar-refractivity contribution in [2.24, 2.45) is 5.73 Å². The van der Waals surface area contributed by atoms with Crippen LogP contribution in [0.3, 0.4) is 0 Å². The second-order valence-electron chi connectivity index (χ2n) is 4.68. The number of nitrogens with zero attached hydrogens (tertiary/aromatic N) is 2. The highest BCUT2D eigenvalue weighted by Gasteiger charge is 2.39. The zero-order valence-electron chi connectivity index (χ0n) is 11.8. The lowest BCUT2D eigenvalue weighted by Crippen LogP contribution is -2.29.